The summed E-state index contributed by atoms with van der Waals surface area (Å²) in [6, 6.07) is 16.5. The van der Waals surface area contributed by atoms with Crippen LogP contribution in [0.15, 0.2) is 54.6 Å². The Hall–Kier alpha value is -2.82. The molecule has 2 aromatic carbocycles. The Labute approximate surface area is 135 Å². The number of hydrogen-bond donors (Lipinski definition) is 2. The molecule has 0 aliphatic rings. The highest BCUT2D eigenvalue weighted by atomic mass is 16.5. The van der Waals surface area contributed by atoms with Crippen molar-refractivity contribution in [2.45, 2.75) is 26.0 Å². The van der Waals surface area contributed by atoms with Gasteiger partial charge in [-0.1, -0.05) is 42.5 Å². The molecule has 120 valence electrons. The van der Waals surface area contributed by atoms with E-state index in [-0.39, 0.29) is 5.91 Å². The molecule has 0 aromatic heterocycles. The molecule has 0 aliphatic carbocycles. The molecule has 0 unspecified atom stereocenters. The number of hydrogen-bond acceptors (Lipinski definition) is 3. The molecule has 23 heavy (non-hydrogen) atoms. The van der Waals surface area contributed by atoms with Crippen LogP contribution in [0.5, 0.6) is 5.75 Å². The molecule has 5 heteroatoms. The first-order chi connectivity index (χ1) is 11.0. The van der Waals surface area contributed by atoms with Crippen molar-refractivity contribution in [3.8, 4) is 5.75 Å². The zero-order valence-corrected chi connectivity index (χ0v) is 13.0. The van der Waals surface area contributed by atoms with Crippen molar-refractivity contribution in [2.75, 3.05) is 0 Å². The highest BCUT2D eigenvalue weighted by Gasteiger charge is 2.17. The molecule has 5 nitrogen and oxygen atoms in total. The van der Waals surface area contributed by atoms with E-state index in [2.05, 4.69) is 5.32 Å². The molecule has 1 atom stereocenters. The van der Waals surface area contributed by atoms with Gasteiger partial charge in [-0.05, 0) is 23.3 Å². The molecule has 0 heterocycles. The second-order valence-corrected chi connectivity index (χ2v) is 5.28. The SMILES string of the molecule is CC(=O)N[C@@H](Cc1cccc(OCc2ccccc2)c1)C(N)=O. The fourth-order valence-electron chi connectivity index (χ4n) is 2.21. The summed E-state index contributed by atoms with van der Waals surface area (Å²) in [4.78, 5) is 22.5. The van der Waals surface area contributed by atoms with Gasteiger partial charge in [0, 0.05) is 13.3 Å². The minimum absolute atomic E-state index is 0.287. The van der Waals surface area contributed by atoms with Crippen LogP contribution >= 0.6 is 0 Å². The first kappa shape index (κ1) is 16.5. The lowest BCUT2D eigenvalue weighted by atomic mass is 10.1. The maximum absolute atomic E-state index is 11.4. The predicted molar refractivity (Wildman–Crippen MR) is 87.7 cm³/mol. The van der Waals surface area contributed by atoms with Gasteiger partial charge >= 0.3 is 0 Å². The van der Waals surface area contributed by atoms with Gasteiger partial charge in [-0.3, -0.25) is 9.59 Å². The molecule has 0 fully saturated rings. The Bertz CT molecular complexity index is 671. The number of amides is 2. The summed E-state index contributed by atoms with van der Waals surface area (Å²) in [6.07, 6.45) is 0.331. The molecule has 2 rings (SSSR count). The molecule has 0 aliphatic heterocycles. The number of primary amides is 1. The van der Waals surface area contributed by atoms with Crippen molar-refractivity contribution in [3.05, 3.63) is 65.7 Å². The number of rotatable bonds is 7. The lowest BCUT2D eigenvalue weighted by Gasteiger charge is -2.15. The fourth-order valence-corrected chi connectivity index (χ4v) is 2.21. The van der Waals surface area contributed by atoms with E-state index in [1.807, 2.05) is 54.6 Å². The third-order valence-corrected chi connectivity index (χ3v) is 3.31. The molecule has 2 aromatic rings. The summed E-state index contributed by atoms with van der Waals surface area (Å²) in [5.41, 5.74) is 7.26. The molecular weight excluding hydrogens is 292 g/mol. The van der Waals surface area contributed by atoms with E-state index in [4.69, 9.17) is 10.5 Å². The number of nitrogens with one attached hydrogen (secondary N) is 1. The van der Waals surface area contributed by atoms with Crippen LogP contribution in [0.4, 0.5) is 0 Å². The van der Waals surface area contributed by atoms with Gasteiger partial charge in [0.15, 0.2) is 0 Å². The first-order valence-electron chi connectivity index (χ1n) is 7.36. The van der Waals surface area contributed by atoms with Gasteiger partial charge < -0.3 is 15.8 Å². The average Bonchev–Trinajstić information content (AvgIpc) is 2.53. The quantitative estimate of drug-likeness (QED) is 0.818. The van der Waals surface area contributed by atoms with Crippen LogP contribution in [0, 0.1) is 0 Å². The van der Waals surface area contributed by atoms with Gasteiger partial charge in [0.25, 0.3) is 0 Å². The molecule has 2 amide bonds. The van der Waals surface area contributed by atoms with Crippen LogP contribution < -0.4 is 15.8 Å². The minimum atomic E-state index is -0.725. The highest BCUT2D eigenvalue weighted by Crippen LogP contribution is 2.16. The zero-order valence-electron chi connectivity index (χ0n) is 13.0. The summed E-state index contributed by atoms with van der Waals surface area (Å²) < 4.78 is 5.75. The van der Waals surface area contributed by atoms with E-state index in [0.717, 1.165) is 11.1 Å². The minimum Gasteiger partial charge on any atom is -0.489 e. The molecular formula is C18H20N2O3. The van der Waals surface area contributed by atoms with Gasteiger partial charge in [0.2, 0.25) is 11.8 Å². The number of benzene rings is 2. The fraction of sp³-hybridized carbons (Fsp3) is 0.222. The Balaban J connectivity index is 2.01. The molecule has 3 N–H and O–H groups in total. The molecule has 0 saturated carbocycles. The van der Waals surface area contributed by atoms with Gasteiger partial charge in [-0.15, -0.1) is 0 Å². The summed E-state index contributed by atoms with van der Waals surface area (Å²) in [7, 11) is 0. The highest BCUT2D eigenvalue weighted by molar-refractivity contribution is 5.85. The van der Waals surface area contributed by atoms with Crippen LogP contribution in [0.25, 0.3) is 0 Å². The lowest BCUT2D eigenvalue weighted by molar-refractivity contribution is -0.126. The number of ether oxygens (including phenoxy) is 1. The van der Waals surface area contributed by atoms with E-state index >= 15 is 0 Å². The summed E-state index contributed by atoms with van der Waals surface area (Å²) in [5, 5.41) is 2.55. The Morgan fingerprint density at radius 3 is 2.43 bits per heavy atom. The van der Waals surface area contributed by atoms with Crippen LogP contribution in [0.3, 0.4) is 0 Å². The summed E-state index contributed by atoms with van der Waals surface area (Å²) >= 11 is 0. The average molecular weight is 312 g/mol. The third kappa shape index (κ3) is 5.47. The summed E-state index contributed by atoms with van der Waals surface area (Å²) in [6.45, 7) is 1.82. The smallest absolute Gasteiger partial charge is 0.240 e. The van der Waals surface area contributed by atoms with E-state index < -0.39 is 11.9 Å². The zero-order chi connectivity index (χ0) is 16.7. The number of carbonyl (C=O) groups is 2. The summed E-state index contributed by atoms with van der Waals surface area (Å²) in [5.74, 6) is -0.140. The number of nitrogens with two attached hydrogens (primary N) is 1. The lowest BCUT2D eigenvalue weighted by Crippen LogP contribution is -2.44. The van der Waals surface area contributed by atoms with Gasteiger partial charge in [0.05, 0.1) is 0 Å². The van der Waals surface area contributed by atoms with Crippen molar-refractivity contribution in [2.24, 2.45) is 5.73 Å². The monoisotopic (exact) mass is 312 g/mol. The van der Waals surface area contributed by atoms with Crippen LogP contribution in [-0.4, -0.2) is 17.9 Å². The third-order valence-electron chi connectivity index (χ3n) is 3.31. The molecule has 0 spiro atoms. The van der Waals surface area contributed by atoms with Crippen molar-refractivity contribution >= 4 is 11.8 Å². The Morgan fingerprint density at radius 1 is 1.09 bits per heavy atom. The van der Waals surface area contributed by atoms with Gasteiger partial charge in [-0.25, -0.2) is 0 Å². The van der Waals surface area contributed by atoms with Crippen LogP contribution in [-0.2, 0) is 22.6 Å². The Kier molecular flexibility index (Phi) is 5.74. The maximum Gasteiger partial charge on any atom is 0.240 e. The van der Waals surface area contributed by atoms with E-state index in [9.17, 15) is 9.59 Å². The van der Waals surface area contributed by atoms with Crippen molar-refractivity contribution in [1.82, 2.24) is 5.32 Å². The van der Waals surface area contributed by atoms with Crippen LogP contribution in [0.1, 0.15) is 18.1 Å². The second kappa shape index (κ2) is 7.98. The van der Waals surface area contributed by atoms with E-state index in [1.54, 1.807) is 0 Å². The maximum atomic E-state index is 11.4. The molecule has 0 radical (unpaired) electrons. The largest absolute Gasteiger partial charge is 0.489 e. The van der Waals surface area contributed by atoms with Crippen molar-refractivity contribution < 1.29 is 14.3 Å². The topological polar surface area (TPSA) is 81.4 Å². The van der Waals surface area contributed by atoms with Crippen molar-refractivity contribution in [1.29, 1.82) is 0 Å². The predicted octanol–water partition coefficient (Wildman–Crippen LogP) is 1.80. The molecule has 0 saturated heterocycles. The van der Waals surface area contributed by atoms with E-state index in [0.29, 0.717) is 18.8 Å². The normalized spacial score (nSPS) is 11.5. The first-order valence-corrected chi connectivity index (χ1v) is 7.36. The standard InChI is InChI=1S/C18H20N2O3/c1-13(21)20-17(18(19)22)11-15-8-5-9-16(10-15)23-12-14-6-3-2-4-7-14/h2-10,17H,11-12H2,1H3,(H2,19,22)(H,20,21)/t17-/m0/s1. The second-order valence-electron chi connectivity index (χ2n) is 5.28. The molecule has 0 bridgehead atoms. The van der Waals surface area contributed by atoms with Gasteiger partial charge in [0.1, 0.15) is 18.4 Å². The van der Waals surface area contributed by atoms with Crippen LogP contribution in [0.2, 0.25) is 0 Å². The van der Waals surface area contributed by atoms with Gasteiger partial charge in [-0.2, -0.15) is 0 Å². The van der Waals surface area contributed by atoms with Crippen molar-refractivity contribution in [3.63, 3.8) is 0 Å². The number of carbonyl (C=O) groups excluding carboxylic acids is 2. The van der Waals surface area contributed by atoms with E-state index in [1.165, 1.54) is 6.92 Å². The Morgan fingerprint density at radius 2 is 1.78 bits per heavy atom.